The van der Waals surface area contributed by atoms with E-state index in [1.807, 2.05) is 6.07 Å². The van der Waals surface area contributed by atoms with Gasteiger partial charge in [-0.25, -0.2) is 4.39 Å². The first kappa shape index (κ1) is 14.9. The minimum atomic E-state index is -0.708. The molecule has 0 bridgehead atoms. The van der Waals surface area contributed by atoms with Crippen molar-refractivity contribution in [3.05, 3.63) is 34.1 Å². The lowest BCUT2D eigenvalue weighted by Crippen LogP contribution is -2.33. The quantitative estimate of drug-likeness (QED) is 0.919. The first-order valence-electron chi connectivity index (χ1n) is 6.92. The number of aliphatic hydroxyl groups is 1. The predicted octanol–water partition coefficient (Wildman–Crippen LogP) is 3.37. The Kier molecular flexibility index (Phi) is 4.98. The van der Waals surface area contributed by atoms with Gasteiger partial charge >= 0.3 is 0 Å². The molecular formula is C15H21BrFNO. The largest absolute Gasteiger partial charge is 0.389 e. The second kappa shape index (κ2) is 6.33. The summed E-state index contributed by atoms with van der Waals surface area (Å²) in [5.74, 6) is -0.259. The van der Waals surface area contributed by atoms with Gasteiger partial charge in [0.25, 0.3) is 0 Å². The average molecular weight is 330 g/mol. The van der Waals surface area contributed by atoms with Gasteiger partial charge in [-0.3, -0.25) is 0 Å². The highest BCUT2D eigenvalue weighted by Crippen LogP contribution is 2.30. The molecule has 0 saturated carbocycles. The van der Waals surface area contributed by atoms with Crippen molar-refractivity contribution in [1.29, 1.82) is 0 Å². The Labute approximate surface area is 122 Å². The molecule has 1 atom stereocenters. The van der Waals surface area contributed by atoms with Crippen molar-refractivity contribution >= 4 is 15.9 Å². The van der Waals surface area contributed by atoms with Crippen LogP contribution in [-0.2, 0) is 6.42 Å². The van der Waals surface area contributed by atoms with E-state index in [1.165, 1.54) is 6.07 Å². The highest BCUT2D eigenvalue weighted by molar-refractivity contribution is 9.10. The third-order valence-corrected chi connectivity index (χ3v) is 4.90. The monoisotopic (exact) mass is 329 g/mol. The van der Waals surface area contributed by atoms with Gasteiger partial charge in [0.2, 0.25) is 0 Å². The summed E-state index contributed by atoms with van der Waals surface area (Å²) in [6, 6.07) is 5.02. The van der Waals surface area contributed by atoms with E-state index < -0.39 is 5.60 Å². The van der Waals surface area contributed by atoms with Crippen LogP contribution in [0.2, 0.25) is 0 Å². The summed E-state index contributed by atoms with van der Waals surface area (Å²) in [6.07, 6.45) is 3.05. The van der Waals surface area contributed by atoms with Gasteiger partial charge in [0.05, 0.1) is 10.1 Å². The zero-order chi connectivity index (χ0) is 13.9. The van der Waals surface area contributed by atoms with Crippen LogP contribution in [0.25, 0.3) is 0 Å². The lowest BCUT2D eigenvalue weighted by Gasteiger charge is -2.27. The van der Waals surface area contributed by atoms with Gasteiger partial charge in [0, 0.05) is 13.0 Å². The van der Waals surface area contributed by atoms with E-state index in [-0.39, 0.29) is 5.82 Å². The van der Waals surface area contributed by atoms with E-state index in [0.29, 0.717) is 10.9 Å². The zero-order valence-corrected chi connectivity index (χ0v) is 12.9. The lowest BCUT2D eigenvalue weighted by molar-refractivity contribution is 0.0256. The highest BCUT2D eigenvalue weighted by atomic mass is 79.9. The van der Waals surface area contributed by atoms with Gasteiger partial charge in [-0.05, 0) is 59.9 Å². The fourth-order valence-corrected chi connectivity index (χ4v) is 3.17. The Bertz CT molecular complexity index is 440. The third-order valence-electron chi connectivity index (χ3n) is 4.01. The highest BCUT2D eigenvalue weighted by Gasteiger charge is 2.30. The molecule has 0 radical (unpaired) electrons. The second-order valence-electron chi connectivity index (χ2n) is 5.40. The van der Waals surface area contributed by atoms with E-state index in [1.54, 1.807) is 6.07 Å². The van der Waals surface area contributed by atoms with Crippen molar-refractivity contribution in [3.63, 3.8) is 0 Å². The standard InChI is InChI=1S/C15H21BrFNO/c1-2-18-9-4-7-15(19,8-10-18)11-12-5-3-6-13(17)14(12)16/h3,5-6,19H,2,4,7-11H2,1H3. The van der Waals surface area contributed by atoms with Gasteiger partial charge in [-0.2, -0.15) is 0 Å². The third kappa shape index (κ3) is 3.77. The van der Waals surface area contributed by atoms with Gasteiger partial charge in [-0.15, -0.1) is 0 Å². The molecule has 1 heterocycles. The Balaban J connectivity index is 2.10. The molecule has 0 spiro atoms. The molecule has 2 nitrogen and oxygen atoms in total. The topological polar surface area (TPSA) is 23.5 Å². The molecule has 0 aromatic heterocycles. The van der Waals surface area contributed by atoms with E-state index in [0.717, 1.165) is 44.5 Å². The Hall–Kier alpha value is -0.450. The predicted molar refractivity (Wildman–Crippen MR) is 78.7 cm³/mol. The fourth-order valence-electron chi connectivity index (χ4n) is 2.77. The fraction of sp³-hybridized carbons (Fsp3) is 0.600. The number of benzene rings is 1. The summed E-state index contributed by atoms with van der Waals surface area (Å²) in [5.41, 5.74) is 0.146. The summed E-state index contributed by atoms with van der Waals surface area (Å²) in [7, 11) is 0. The van der Waals surface area contributed by atoms with Gasteiger partial charge in [0.1, 0.15) is 5.82 Å². The summed E-state index contributed by atoms with van der Waals surface area (Å²) >= 11 is 3.28. The summed E-state index contributed by atoms with van der Waals surface area (Å²) in [4.78, 5) is 2.36. The van der Waals surface area contributed by atoms with Crippen LogP contribution in [0.5, 0.6) is 0 Å². The minimum Gasteiger partial charge on any atom is -0.389 e. The van der Waals surface area contributed by atoms with Crippen LogP contribution in [0.3, 0.4) is 0 Å². The maximum absolute atomic E-state index is 13.5. The van der Waals surface area contributed by atoms with Gasteiger partial charge < -0.3 is 10.0 Å². The van der Waals surface area contributed by atoms with Crippen molar-refractivity contribution < 1.29 is 9.50 Å². The van der Waals surface area contributed by atoms with E-state index in [2.05, 4.69) is 27.8 Å². The molecule has 1 aromatic carbocycles. The van der Waals surface area contributed by atoms with Crippen LogP contribution < -0.4 is 0 Å². The number of nitrogens with zero attached hydrogens (tertiary/aromatic N) is 1. The van der Waals surface area contributed by atoms with Crippen molar-refractivity contribution in [3.8, 4) is 0 Å². The van der Waals surface area contributed by atoms with Gasteiger partial charge in [0.15, 0.2) is 0 Å². The van der Waals surface area contributed by atoms with Crippen LogP contribution in [0.15, 0.2) is 22.7 Å². The van der Waals surface area contributed by atoms with E-state index in [4.69, 9.17) is 0 Å². The summed E-state index contributed by atoms with van der Waals surface area (Å²) in [6.45, 7) is 5.14. The number of halogens is 2. The first-order chi connectivity index (χ1) is 9.04. The van der Waals surface area contributed by atoms with Crippen LogP contribution in [0.4, 0.5) is 4.39 Å². The molecule has 0 aliphatic carbocycles. The van der Waals surface area contributed by atoms with Crippen molar-refractivity contribution in [2.24, 2.45) is 0 Å². The average Bonchev–Trinajstić information content (AvgIpc) is 2.57. The molecule has 1 fully saturated rings. The molecule has 1 aliphatic heterocycles. The Morgan fingerprint density at radius 3 is 2.89 bits per heavy atom. The van der Waals surface area contributed by atoms with Crippen LogP contribution in [0, 0.1) is 5.82 Å². The number of hydrogen-bond acceptors (Lipinski definition) is 2. The smallest absolute Gasteiger partial charge is 0.137 e. The molecule has 0 amide bonds. The second-order valence-corrected chi connectivity index (χ2v) is 6.19. The maximum Gasteiger partial charge on any atom is 0.137 e. The first-order valence-corrected chi connectivity index (χ1v) is 7.71. The molecule has 4 heteroatoms. The number of likely N-dealkylation sites (tertiary alicyclic amines) is 1. The number of hydrogen-bond donors (Lipinski definition) is 1. The van der Waals surface area contributed by atoms with Crippen molar-refractivity contribution in [1.82, 2.24) is 4.90 Å². The minimum absolute atomic E-state index is 0.259. The molecule has 1 aliphatic rings. The molecule has 2 rings (SSSR count). The Morgan fingerprint density at radius 1 is 1.37 bits per heavy atom. The molecule has 1 aromatic rings. The zero-order valence-electron chi connectivity index (χ0n) is 11.3. The maximum atomic E-state index is 13.5. The van der Waals surface area contributed by atoms with Crippen molar-refractivity contribution in [2.75, 3.05) is 19.6 Å². The van der Waals surface area contributed by atoms with Crippen LogP contribution in [-0.4, -0.2) is 35.2 Å². The number of rotatable bonds is 3. The summed E-state index contributed by atoms with van der Waals surface area (Å²) in [5, 5.41) is 10.8. The van der Waals surface area contributed by atoms with Crippen LogP contribution >= 0.6 is 15.9 Å². The summed E-state index contributed by atoms with van der Waals surface area (Å²) < 4.78 is 14.0. The normalized spacial score (nSPS) is 25.3. The molecule has 19 heavy (non-hydrogen) atoms. The molecule has 1 saturated heterocycles. The molecule has 1 unspecified atom stereocenters. The van der Waals surface area contributed by atoms with E-state index in [9.17, 15) is 9.50 Å². The SMILES string of the molecule is CCN1CCCC(O)(Cc2cccc(F)c2Br)CC1. The van der Waals surface area contributed by atoms with Crippen LogP contribution in [0.1, 0.15) is 31.7 Å². The molecular weight excluding hydrogens is 309 g/mol. The van der Waals surface area contributed by atoms with Gasteiger partial charge in [-0.1, -0.05) is 19.1 Å². The molecule has 1 N–H and O–H groups in total. The van der Waals surface area contributed by atoms with Crippen molar-refractivity contribution in [2.45, 2.75) is 38.2 Å². The Morgan fingerprint density at radius 2 is 2.16 bits per heavy atom. The van der Waals surface area contributed by atoms with E-state index >= 15 is 0 Å². The molecule has 106 valence electrons. The lowest BCUT2D eigenvalue weighted by atomic mass is 9.88.